The van der Waals surface area contributed by atoms with Gasteiger partial charge in [-0.15, -0.1) is 0 Å². The van der Waals surface area contributed by atoms with Crippen molar-refractivity contribution in [1.29, 1.82) is 0 Å². The van der Waals surface area contributed by atoms with E-state index in [1.165, 1.54) is 28.7 Å². The second-order valence-corrected chi connectivity index (χ2v) is 11.4. The Balaban J connectivity index is 1.31. The first kappa shape index (κ1) is 27.6. The molecule has 214 valence electrons. The first-order valence-electron chi connectivity index (χ1n) is 15.0. The highest BCUT2D eigenvalue weighted by molar-refractivity contribution is 6.02. The minimum atomic E-state index is -1.32. The highest BCUT2D eigenvalue weighted by Crippen LogP contribution is 2.42. The molecule has 0 spiro atoms. The topological polar surface area (TPSA) is 71.6 Å². The summed E-state index contributed by atoms with van der Waals surface area (Å²) >= 11 is 0. The highest BCUT2D eigenvalue weighted by atomic mass is 16.7. The van der Waals surface area contributed by atoms with Gasteiger partial charge in [0.05, 0.1) is 12.1 Å². The lowest BCUT2D eigenvalue weighted by Crippen LogP contribution is -2.06. The molecule has 0 amide bonds. The van der Waals surface area contributed by atoms with Crippen molar-refractivity contribution < 1.29 is 19.4 Å². The number of benzene rings is 4. The predicted molar refractivity (Wildman–Crippen MR) is 171 cm³/mol. The van der Waals surface area contributed by atoms with Crippen LogP contribution in [0.3, 0.4) is 0 Å². The van der Waals surface area contributed by atoms with Crippen molar-refractivity contribution in [3.8, 4) is 11.6 Å². The number of nitrogens with one attached hydrogen (secondary N) is 1. The first-order valence-corrected chi connectivity index (χ1v) is 15.0. The summed E-state index contributed by atoms with van der Waals surface area (Å²) in [6.45, 7) is 4.95. The van der Waals surface area contributed by atoms with Gasteiger partial charge < -0.3 is 19.6 Å². The Bertz CT molecular complexity index is 1760. The summed E-state index contributed by atoms with van der Waals surface area (Å²) in [5.74, 6) is 1.65. The van der Waals surface area contributed by atoms with Crippen molar-refractivity contribution in [1.82, 2.24) is 4.98 Å². The molecule has 0 bridgehead atoms. The minimum Gasteiger partial charge on any atom is -0.493 e. The zero-order valence-corrected chi connectivity index (χ0v) is 24.3. The number of ether oxygens (including phenoxy) is 2. The number of rotatable bonds is 9. The van der Waals surface area contributed by atoms with E-state index < -0.39 is 6.16 Å². The van der Waals surface area contributed by atoms with Crippen molar-refractivity contribution in [2.45, 2.75) is 58.3 Å². The molecule has 1 aliphatic carbocycles. The van der Waals surface area contributed by atoms with Crippen LogP contribution in [0, 0.1) is 0 Å². The summed E-state index contributed by atoms with van der Waals surface area (Å²) < 4.78 is 11.5. The second kappa shape index (κ2) is 12.2. The third kappa shape index (κ3) is 5.64. The van der Waals surface area contributed by atoms with Crippen LogP contribution in [0.5, 0.6) is 11.6 Å². The van der Waals surface area contributed by atoms with E-state index >= 15 is 0 Å². The van der Waals surface area contributed by atoms with Crippen LogP contribution in [0.15, 0.2) is 84.9 Å². The highest BCUT2D eigenvalue weighted by Gasteiger charge is 2.22. The largest absolute Gasteiger partial charge is 0.512 e. The van der Waals surface area contributed by atoms with Crippen LogP contribution < -0.4 is 9.47 Å². The molecule has 6 rings (SSSR count). The Morgan fingerprint density at radius 3 is 2.36 bits per heavy atom. The average Bonchev–Trinajstić information content (AvgIpc) is 3.35. The summed E-state index contributed by atoms with van der Waals surface area (Å²) in [4.78, 5) is 15.0. The molecule has 0 atom stereocenters. The fraction of sp³-hybridized carbons (Fsp3) is 0.270. The predicted octanol–water partition coefficient (Wildman–Crippen LogP) is 10.00. The molecule has 5 heteroatoms. The number of hydrogen-bond donors (Lipinski definition) is 2. The van der Waals surface area contributed by atoms with Crippen LogP contribution in [-0.2, 0) is 6.42 Å². The zero-order chi connectivity index (χ0) is 29.1. The van der Waals surface area contributed by atoms with E-state index in [1.54, 1.807) is 0 Å². The molecule has 0 radical (unpaired) electrons. The normalized spacial score (nSPS) is 13.7. The van der Waals surface area contributed by atoms with Gasteiger partial charge in [0.1, 0.15) is 5.75 Å². The Labute approximate surface area is 246 Å². The lowest BCUT2D eigenvalue weighted by molar-refractivity contribution is 0.142. The molecule has 1 heterocycles. The van der Waals surface area contributed by atoms with E-state index in [2.05, 4.69) is 79.5 Å². The average molecular weight is 560 g/mol. The van der Waals surface area contributed by atoms with Gasteiger partial charge in [-0.1, -0.05) is 92.7 Å². The van der Waals surface area contributed by atoms with Gasteiger partial charge in [-0.25, -0.2) is 4.79 Å². The molecular formula is C37H37NO4. The maximum Gasteiger partial charge on any atom is 0.512 e. The summed E-state index contributed by atoms with van der Waals surface area (Å²) in [6.07, 6.45) is 4.34. The zero-order valence-electron chi connectivity index (χ0n) is 24.3. The second-order valence-electron chi connectivity index (χ2n) is 11.4. The number of H-pyrrole nitrogens is 1. The molecule has 5 aromatic rings. The molecule has 0 aliphatic heterocycles. The number of aromatic nitrogens is 1. The number of hydrogen-bond acceptors (Lipinski definition) is 3. The number of carboxylic acid groups (broad SMARTS) is 1. The first-order chi connectivity index (χ1) is 20.5. The van der Waals surface area contributed by atoms with E-state index in [9.17, 15) is 9.90 Å². The van der Waals surface area contributed by atoms with Crippen molar-refractivity contribution in [2.75, 3.05) is 6.61 Å². The van der Waals surface area contributed by atoms with Gasteiger partial charge in [0.2, 0.25) is 5.88 Å². The summed E-state index contributed by atoms with van der Waals surface area (Å²) in [5, 5.41) is 12.8. The molecule has 4 aromatic carbocycles. The van der Waals surface area contributed by atoms with Crippen LogP contribution in [0.4, 0.5) is 4.79 Å². The molecule has 42 heavy (non-hydrogen) atoms. The van der Waals surface area contributed by atoms with Crippen molar-refractivity contribution in [3.63, 3.8) is 0 Å². The number of carbonyl (C=O) groups is 1. The van der Waals surface area contributed by atoms with Gasteiger partial charge in [-0.3, -0.25) is 0 Å². The minimum absolute atomic E-state index is 0.300. The molecule has 0 saturated carbocycles. The lowest BCUT2D eigenvalue weighted by atomic mass is 9.83. The number of allylic oxidation sites excluding steroid dienone is 2. The van der Waals surface area contributed by atoms with Crippen LogP contribution in [-0.4, -0.2) is 22.9 Å². The van der Waals surface area contributed by atoms with Gasteiger partial charge >= 0.3 is 6.16 Å². The maximum atomic E-state index is 11.7. The quantitative estimate of drug-likeness (QED) is 0.139. The van der Waals surface area contributed by atoms with Crippen LogP contribution in [0.1, 0.15) is 74.1 Å². The smallest absolute Gasteiger partial charge is 0.493 e. The van der Waals surface area contributed by atoms with Crippen molar-refractivity contribution in [2.24, 2.45) is 0 Å². The third-order valence-corrected chi connectivity index (χ3v) is 8.39. The fourth-order valence-corrected chi connectivity index (χ4v) is 6.27. The Morgan fingerprint density at radius 1 is 0.857 bits per heavy atom. The van der Waals surface area contributed by atoms with E-state index in [4.69, 9.17) is 9.47 Å². The van der Waals surface area contributed by atoms with Gasteiger partial charge in [0, 0.05) is 21.9 Å². The lowest BCUT2D eigenvalue weighted by Gasteiger charge is -2.22. The summed E-state index contributed by atoms with van der Waals surface area (Å²) in [7, 11) is 0. The summed E-state index contributed by atoms with van der Waals surface area (Å²) in [6, 6.07) is 29.5. The molecular weight excluding hydrogens is 522 g/mol. The fourth-order valence-electron chi connectivity index (χ4n) is 6.27. The molecule has 0 fully saturated rings. The van der Waals surface area contributed by atoms with Gasteiger partial charge in [0.15, 0.2) is 0 Å². The van der Waals surface area contributed by atoms with Gasteiger partial charge in [-0.05, 0) is 78.2 Å². The summed E-state index contributed by atoms with van der Waals surface area (Å²) in [5.41, 5.74) is 8.26. The van der Waals surface area contributed by atoms with Crippen LogP contribution in [0.25, 0.3) is 32.8 Å². The number of aromatic amines is 1. The number of para-hydroxylation sites is 1. The van der Waals surface area contributed by atoms with Crippen LogP contribution in [0.2, 0.25) is 0 Å². The van der Waals surface area contributed by atoms with Gasteiger partial charge in [0.25, 0.3) is 0 Å². The van der Waals surface area contributed by atoms with Crippen LogP contribution >= 0.6 is 0 Å². The monoisotopic (exact) mass is 559 g/mol. The van der Waals surface area contributed by atoms with Crippen molar-refractivity contribution in [3.05, 3.63) is 107 Å². The van der Waals surface area contributed by atoms with E-state index in [0.717, 1.165) is 57.8 Å². The van der Waals surface area contributed by atoms with E-state index in [-0.39, 0.29) is 0 Å². The van der Waals surface area contributed by atoms with Gasteiger partial charge in [-0.2, -0.15) is 0 Å². The molecule has 0 unspecified atom stereocenters. The molecule has 2 N–H and O–H groups in total. The SMILES string of the molecule is CC(C)c1ccc(C2=C(c3cccc4c(CCCOc5cccc6ccccc56)c(OC(=O)O)[nH]c34)CCCC2)cc1. The third-order valence-electron chi connectivity index (χ3n) is 8.39. The Hall–Kier alpha value is -4.51. The Morgan fingerprint density at radius 2 is 1.57 bits per heavy atom. The van der Waals surface area contributed by atoms with E-state index in [1.807, 2.05) is 24.3 Å². The number of fused-ring (bicyclic) bond motifs is 2. The molecule has 1 aliphatic rings. The van der Waals surface area contributed by atoms with E-state index in [0.29, 0.717) is 31.2 Å². The molecule has 0 saturated heterocycles. The Kier molecular flexibility index (Phi) is 8.00. The maximum absolute atomic E-state index is 11.7. The molecule has 1 aromatic heterocycles. The number of aryl methyl sites for hydroxylation is 1. The van der Waals surface area contributed by atoms with Crippen molar-refractivity contribution >= 4 is 39.0 Å². The molecule has 5 nitrogen and oxygen atoms in total. The standard InChI is InChI=1S/C37H37NO4/c1-24(2)25-19-21-27(22-20-25)28-12-5-6-14-30(28)31-15-8-16-32-33(36(38-35(31)32)42-37(39)40)17-9-23-41-34-18-7-11-26-10-3-4-13-29(26)34/h3-4,7-8,10-11,13,15-16,18-22,24,38H,5-6,9,12,14,17,23H2,1-2H3,(H,39,40).